The molecule has 0 amide bonds. The SMILES string of the molecule is CCCCCCCCCC/C=C\CCCCCCCCCCCC(=O)OCC(COC(=O)CCCCCCCCCCCCCCCC)OC(=O)CCCCCCCCCCC/C=C\CCCCCCCCCC. The maximum absolute atomic E-state index is 12.9. The minimum Gasteiger partial charge on any atom is -0.462 e. The molecule has 0 aliphatic rings. The fraction of sp³-hybridized carbons (Fsp3) is 0.897. The highest BCUT2D eigenvalue weighted by Crippen LogP contribution is 2.18. The molecule has 0 saturated carbocycles. The molecular formula is C68H128O6. The average molecular weight is 1040 g/mol. The minimum atomic E-state index is -0.770. The average Bonchev–Trinajstić information content (AvgIpc) is 3.40. The molecule has 0 radical (unpaired) electrons. The number of ether oxygens (including phenoxy) is 3. The van der Waals surface area contributed by atoms with Crippen LogP contribution in [0.2, 0.25) is 0 Å². The fourth-order valence-corrected chi connectivity index (χ4v) is 10.1. The van der Waals surface area contributed by atoms with Gasteiger partial charge in [0.15, 0.2) is 6.10 Å². The Morgan fingerprint density at radius 3 is 0.676 bits per heavy atom. The van der Waals surface area contributed by atoms with Crippen LogP contribution in [0.15, 0.2) is 24.3 Å². The topological polar surface area (TPSA) is 78.9 Å². The number of hydrogen-bond donors (Lipinski definition) is 0. The number of carbonyl (C=O) groups excluding carboxylic acids is 3. The number of rotatable bonds is 62. The Morgan fingerprint density at radius 1 is 0.257 bits per heavy atom. The van der Waals surface area contributed by atoms with Crippen molar-refractivity contribution in [2.24, 2.45) is 0 Å². The monoisotopic (exact) mass is 1040 g/mol. The van der Waals surface area contributed by atoms with Gasteiger partial charge in [0.05, 0.1) is 0 Å². The summed E-state index contributed by atoms with van der Waals surface area (Å²) < 4.78 is 17.0. The number of esters is 3. The third kappa shape index (κ3) is 60.8. The molecule has 0 rings (SSSR count). The van der Waals surface area contributed by atoms with Crippen molar-refractivity contribution in [3.05, 3.63) is 24.3 Å². The molecule has 0 aromatic carbocycles. The van der Waals surface area contributed by atoms with Gasteiger partial charge in [0.1, 0.15) is 13.2 Å². The molecule has 0 saturated heterocycles. The van der Waals surface area contributed by atoms with Gasteiger partial charge in [-0.2, -0.15) is 0 Å². The Balaban J connectivity index is 4.29. The molecule has 1 atom stereocenters. The van der Waals surface area contributed by atoms with Gasteiger partial charge in [-0.05, 0) is 70.6 Å². The fourth-order valence-electron chi connectivity index (χ4n) is 10.1. The lowest BCUT2D eigenvalue weighted by atomic mass is 10.0. The van der Waals surface area contributed by atoms with Gasteiger partial charge in [-0.15, -0.1) is 0 Å². The summed E-state index contributed by atoms with van der Waals surface area (Å²) in [4.78, 5) is 38.3. The van der Waals surface area contributed by atoms with E-state index in [-0.39, 0.29) is 31.1 Å². The standard InChI is InChI=1S/C68H128O6/c1-4-7-10-13-16-19-22-25-28-30-32-34-36-38-40-43-46-49-52-55-58-61-67(70)73-64-65(63-72-66(69)60-57-54-51-48-45-42-27-24-21-18-15-12-9-6-3)74-68(71)62-59-56-53-50-47-44-41-39-37-35-33-31-29-26-23-20-17-14-11-8-5-2/h30-33,65H,4-29,34-64H2,1-3H3/b32-30-,33-31-. The van der Waals surface area contributed by atoms with Crippen molar-refractivity contribution in [3.63, 3.8) is 0 Å². The highest BCUT2D eigenvalue weighted by molar-refractivity contribution is 5.71. The van der Waals surface area contributed by atoms with Crippen molar-refractivity contribution < 1.29 is 28.6 Å². The number of hydrogen-bond acceptors (Lipinski definition) is 6. The van der Waals surface area contributed by atoms with E-state index < -0.39 is 6.10 Å². The van der Waals surface area contributed by atoms with Crippen molar-refractivity contribution >= 4 is 17.9 Å². The Labute approximate surface area is 462 Å². The van der Waals surface area contributed by atoms with Crippen LogP contribution >= 0.6 is 0 Å². The third-order valence-electron chi connectivity index (χ3n) is 15.2. The first kappa shape index (κ1) is 71.9. The van der Waals surface area contributed by atoms with Crippen LogP contribution in [0.5, 0.6) is 0 Å². The lowest BCUT2D eigenvalue weighted by Gasteiger charge is -2.18. The highest BCUT2D eigenvalue weighted by atomic mass is 16.6. The van der Waals surface area contributed by atoms with Gasteiger partial charge in [-0.3, -0.25) is 14.4 Å². The van der Waals surface area contributed by atoms with Crippen molar-refractivity contribution in [3.8, 4) is 0 Å². The van der Waals surface area contributed by atoms with Crippen molar-refractivity contribution in [2.45, 2.75) is 380 Å². The molecule has 0 bridgehead atoms. The summed E-state index contributed by atoms with van der Waals surface area (Å²) in [5.74, 6) is -0.843. The highest BCUT2D eigenvalue weighted by Gasteiger charge is 2.19. The second-order valence-corrected chi connectivity index (χ2v) is 22.7. The zero-order valence-electron chi connectivity index (χ0n) is 50.1. The lowest BCUT2D eigenvalue weighted by Crippen LogP contribution is -2.30. The van der Waals surface area contributed by atoms with E-state index in [0.717, 1.165) is 57.8 Å². The number of unbranched alkanes of at least 4 members (excludes halogenated alkanes) is 47. The molecule has 0 fully saturated rings. The van der Waals surface area contributed by atoms with Crippen LogP contribution in [-0.2, 0) is 28.6 Å². The molecule has 6 nitrogen and oxygen atoms in total. The number of carbonyl (C=O) groups is 3. The second kappa shape index (κ2) is 63.4. The molecule has 0 heterocycles. The molecule has 0 spiro atoms. The van der Waals surface area contributed by atoms with Crippen LogP contribution in [0.3, 0.4) is 0 Å². The van der Waals surface area contributed by atoms with E-state index >= 15 is 0 Å². The van der Waals surface area contributed by atoms with E-state index in [2.05, 4.69) is 45.1 Å². The van der Waals surface area contributed by atoms with E-state index in [9.17, 15) is 14.4 Å². The second-order valence-electron chi connectivity index (χ2n) is 22.7. The first-order chi connectivity index (χ1) is 36.5. The molecular weight excluding hydrogens is 913 g/mol. The summed E-state index contributed by atoms with van der Waals surface area (Å²) in [6.45, 7) is 6.71. The van der Waals surface area contributed by atoms with Gasteiger partial charge < -0.3 is 14.2 Å². The van der Waals surface area contributed by atoms with Crippen molar-refractivity contribution in [1.29, 1.82) is 0 Å². The maximum Gasteiger partial charge on any atom is 0.306 e. The normalized spacial score (nSPS) is 12.1. The minimum absolute atomic E-state index is 0.0674. The van der Waals surface area contributed by atoms with E-state index in [1.165, 1.54) is 276 Å². The van der Waals surface area contributed by atoms with Gasteiger partial charge in [0.2, 0.25) is 0 Å². The maximum atomic E-state index is 12.9. The zero-order valence-corrected chi connectivity index (χ0v) is 50.1. The predicted molar refractivity (Wildman–Crippen MR) is 321 cm³/mol. The molecule has 436 valence electrons. The summed E-state index contributed by atoms with van der Waals surface area (Å²) in [5.41, 5.74) is 0. The Hall–Kier alpha value is -2.11. The lowest BCUT2D eigenvalue weighted by molar-refractivity contribution is -0.167. The molecule has 0 aromatic heterocycles. The predicted octanol–water partition coefficient (Wildman–Crippen LogP) is 22.6. The first-order valence-electron chi connectivity index (χ1n) is 33.3. The quantitative estimate of drug-likeness (QED) is 0.0261. The summed E-state index contributed by atoms with van der Waals surface area (Å²) in [5, 5.41) is 0. The summed E-state index contributed by atoms with van der Waals surface area (Å²) in [7, 11) is 0. The van der Waals surface area contributed by atoms with Crippen molar-refractivity contribution in [2.75, 3.05) is 13.2 Å². The molecule has 0 N–H and O–H groups in total. The van der Waals surface area contributed by atoms with Crippen molar-refractivity contribution in [1.82, 2.24) is 0 Å². The molecule has 0 aliphatic heterocycles. The summed E-state index contributed by atoms with van der Waals surface area (Å²) in [6.07, 6.45) is 76.2. The van der Waals surface area contributed by atoms with E-state index in [0.29, 0.717) is 19.3 Å². The van der Waals surface area contributed by atoms with E-state index in [4.69, 9.17) is 14.2 Å². The van der Waals surface area contributed by atoms with Gasteiger partial charge in [-0.1, -0.05) is 308 Å². The van der Waals surface area contributed by atoms with E-state index in [1.807, 2.05) is 0 Å². The van der Waals surface area contributed by atoms with Gasteiger partial charge in [0.25, 0.3) is 0 Å². The van der Waals surface area contributed by atoms with Gasteiger partial charge in [0, 0.05) is 19.3 Å². The van der Waals surface area contributed by atoms with Crippen LogP contribution in [0.1, 0.15) is 374 Å². The Bertz CT molecular complexity index is 1190. The smallest absolute Gasteiger partial charge is 0.306 e. The summed E-state index contributed by atoms with van der Waals surface area (Å²) in [6, 6.07) is 0. The van der Waals surface area contributed by atoms with Gasteiger partial charge in [-0.25, -0.2) is 0 Å². The zero-order chi connectivity index (χ0) is 53.6. The van der Waals surface area contributed by atoms with E-state index in [1.54, 1.807) is 0 Å². The number of allylic oxidation sites excluding steroid dienone is 4. The molecule has 6 heteroatoms. The molecule has 1 unspecified atom stereocenters. The molecule has 0 aromatic rings. The van der Waals surface area contributed by atoms with Gasteiger partial charge >= 0.3 is 17.9 Å². The van der Waals surface area contributed by atoms with Crippen LogP contribution < -0.4 is 0 Å². The first-order valence-corrected chi connectivity index (χ1v) is 33.3. The third-order valence-corrected chi connectivity index (χ3v) is 15.2. The summed E-state index contributed by atoms with van der Waals surface area (Å²) >= 11 is 0. The van der Waals surface area contributed by atoms with Crippen LogP contribution in [0.4, 0.5) is 0 Å². The van der Waals surface area contributed by atoms with Crippen LogP contribution in [-0.4, -0.2) is 37.2 Å². The Morgan fingerprint density at radius 2 is 0.446 bits per heavy atom. The molecule has 74 heavy (non-hydrogen) atoms. The van der Waals surface area contributed by atoms with Crippen LogP contribution in [0.25, 0.3) is 0 Å². The largest absolute Gasteiger partial charge is 0.462 e. The Kier molecular flexibility index (Phi) is 61.6. The van der Waals surface area contributed by atoms with Crippen LogP contribution in [0, 0.1) is 0 Å². The molecule has 0 aliphatic carbocycles.